The van der Waals surface area contributed by atoms with Gasteiger partial charge in [0.05, 0.1) is 0 Å². The Bertz CT molecular complexity index is 353. The summed E-state index contributed by atoms with van der Waals surface area (Å²) >= 11 is 0. The Balaban J connectivity index is 1.98. The van der Waals surface area contributed by atoms with Crippen molar-refractivity contribution in [2.75, 3.05) is 7.05 Å². The molecule has 15 heavy (non-hydrogen) atoms. The van der Waals surface area contributed by atoms with Gasteiger partial charge in [-0.2, -0.15) is 0 Å². The van der Waals surface area contributed by atoms with Crippen LogP contribution in [0.15, 0.2) is 22.6 Å². The van der Waals surface area contributed by atoms with Gasteiger partial charge in [0.1, 0.15) is 11.5 Å². The molecule has 1 aromatic heterocycles. The predicted molar refractivity (Wildman–Crippen MR) is 62.8 cm³/mol. The molecule has 82 valence electrons. The maximum atomic E-state index is 5.76. The molecular weight excluding hydrogens is 186 g/mol. The minimum atomic E-state index is 0.387. The number of likely N-dealkylation sites (N-methyl/N-ethyl adjacent to an activating group) is 1. The molecule has 0 spiro atoms. The topological polar surface area (TPSA) is 25.2 Å². The SMILES string of the molecule is CNC(C)/C=C/c1ccc(C2CC2C)o1. The van der Waals surface area contributed by atoms with Gasteiger partial charge >= 0.3 is 0 Å². The first-order chi connectivity index (χ1) is 7.20. The van der Waals surface area contributed by atoms with Gasteiger partial charge in [-0.1, -0.05) is 13.0 Å². The van der Waals surface area contributed by atoms with Gasteiger partial charge in [0, 0.05) is 12.0 Å². The van der Waals surface area contributed by atoms with Gasteiger partial charge in [-0.3, -0.25) is 0 Å². The van der Waals surface area contributed by atoms with Gasteiger partial charge in [-0.05, 0) is 44.5 Å². The molecule has 2 rings (SSSR count). The van der Waals surface area contributed by atoms with Crippen molar-refractivity contribution in [2.45, 2.75) is 32.2 Å². The lowest BCUT2D eigenvalue weighted by molar-refractivity contribution is 0.497. The second-order valence-corrected chi connectivity index (χ2v) is 4.50. The molecule has 0 radical (unpaired) electrons. The quantitative estimate of drug-likeness (QED) is 0.817. The first kappa shape index (κ1) is 10.5. The van der Waals surface area contributed by atoms with Crippen molar-refractivity contribution in [2.24, 2.45) is 5.92 Å². The Morgan fingerprint density at radius 1 is 1.53 bits per heavy atom. The largest absolute Gasteiger partial charge is 0.461 e. The fourth-order valence-electron chi connectivity index (χ4n) is 1.71. The second-order valence-electron chi connectivity index (χ2n) is 4.50. The first-order valence-corrected chi connectivity index (χ1v) is 5.66. The summed E-state index contributed by atoms with van der Waals surface area (Å²) in [4.78, 5) is 0. The zero-order valence-corrected chi connectivity index (χ0v) is 9.66. The monoisotopic (exact) mass is 205 g/mol. The smallest absolute Gasteiger partial charge is 0.126 e. The molecule has 0 amide bonds. The number of furan rings is 1. The zero-order chi connectivity index (χ0) is 10.8. The lowest BCUT2D eigenvalue weighted by Crippen LogP contribution is -2.17. The molecule has 2 heteroatoms. The third-order valence-electron chi connectivity index (χ3n) is 3.13. The van der Waals surface area contributed by atoms with Gasteiger partial charge in [0.15, 0.2) is 0 Å². The van der Waals surface area contributed by atoms with E-state index in [-0.39, 0.29) is 0 Å². The van der Waals surface area contributed by atoms with Crippen LogP contribution in [0.3, 0.4) is 0 Å². The van der Waals surface area contributed by atoms with E-state index >= 15 is 0 Å². The van der Waals surface area contributed by atoms with Crippen LogP contribution in [-0.2, 0) is 0 Å². The van der Waals surface area contributed by atoms with Gasteiger partial charge in [0.2, 0.25) is 0 Å². The molecule has 1 fully saturated rings. The van der Waals surface area contributed by atoms with Crippen LogP contribution in [-0.4, -0.2) is 13.1 Å². The second kappa shape index (κ2) is 4.23. The highest BCUT2D eigenvalue weighted by Crippen LogP contribution is 2.47. The van der Waals surface area contributed by atoms with E-state index in [9.17, 15) is 0 Å². The van der Waals surface area contributed by atoms with Gasteiger partial charge < -0.3 is 9.73 Å². The van der Waals surface area contributed by atoms with Crippen LogP contribution in [0.5, 0.6) is 0 Å². The molecule has 1 N–H and O–H groups in total. The van der Waals surface area contributed by atoms with E-state index in [2.05, 4.69) is 37.4 Å². The third-order valence-corrected chi connectivity index (χ3v) is 3.13. The number of hydrogen-bond donors (Lipinski definition) is 1. The molecule has 3 unspecified atom stereocenters. The molecule has 1 heterocycles. The molecule has 1 aliphatic rings. The molecule has 0 saturated heterocycles. The van der Waals surface area contributed by atoms with Crippen LogP contribution >= 0.6 is 0 Å². The van der Waals surface area contributed by atoms with Crippen LogP contribution in [0.4, 0.5) is 0 Å². The highest BCUT2D eigenvalue weighted by atomic mass is 16.3. The molecule has 3 atom stereocenters. The maximum Gasteiger partial charge on any atom is 0.126 e. The summed E-state index contributed by atoms with van der Waals surface area (Å²) in [7, 11) is 1.95. The molecule has 0 bridgehead atoms. The lowest BCUT2D eigenvalue weighted by Gasteiger charge is -2.00. The van der Waals surface area contributed by atoms with Crippen molar-refractivity contribution in [3.05, 3.63) is 29.7 Å². The van der Waals surface area contributed by atoms with E-state index in [1.807, 2.05) is 13.1 Å². The van der Waals surface area contributed by atoms with Crippen molar-refractivity contribution >= 4 is 6.08 Å². The summed E-state index contributed by atoms with van der Waals surface area (Å²) in [5, 5.41) is 3.16. The minimum Gasteiger partial charge on any atom is -0.461 e. The van der Waals surface area contributed by atoms with E-state index in [0.717, 1.165) is 17.4 Å². The fourth-order valence-corrected chi connectivity index (χ4v) is 1.71. The van der Waals surface area contributed by atoms with Gasteiger partial charge in [-0.25, -0.2) is 0 Å². The predicted octanol–water partition coefficient (Wildman–Crippen LogP) is 3.02. The Kier molecular flexibility index (Phi) is 2.96. The number of nitrogens with one attached hydrogen (secondary N) is 1. The summed E-state index contributed by atoms with van der Waals surface area (Å²) in [6.45, 7) is 4.38. The highest BCUT2D eigenvalue weighted by Gasteiger charge is 2.36. The highest BCUT2D eigenvalue weighted by molar-refractivity contribution is 5.44. The van der Waals surface area contributed by atoms with Gasteiger partial charge in [0.25, 0.3) is 0 Å². The summed E-state index contributed by atoms with van der Waals surface area (Å²) in [5.41, 5.74) is 0. The van der Waals surface area contributed by atoms with Crippen molar-refractivity contribution < 1.29 is 4.42 Å². The van der Waals surface area contributed by atoms with E-state index < -0.39 is 0 Å². The summed E-state index contributed by atoms with van der Waals surface area (Å²) in [6, 6.07) is 4.55. The van der Waals surface area contributed by atoms with Gasteiger partial charge in [-0.15, -0.1) is 0 Å². The van der Waals surface area contributed by atoms with E-state index in [4.69, 9.17) is 4.42 Å². The van der Waals surface area contributed by atoms with Crippen LogP contribution in [0.1, 0.15) is 37.7 Å². The normalized spacial score (nSPS) is 27.1. The number of rotatable bonds is 4. The average Bonchev–Trinajstić information content (AvgIpc) is 2.80. The fraction of sp³-hybridized carbons (Fsp3) is 0.538. The van der Waals surface area contributed by atoms with Crippen molar-refractivity contribution in [1.82, 2.24) is 5.32 Å². The Morgan fingerprint density at radius 2 is 2.27 bits per heavy atom. The van der Waals surface area contributed by atoms with Crippen molar-refractivity contribution in [3.63, 3.8) is 0 Å². The lowest BCUT2D eigenvalue weighted by atomic mass is 10.2. The Labute approximate surface area is 91.4 Å². The standard InChI is InChI=1S/C13H19NO/c1-9-8-12(9)13-7-6-11(15-13)5-4-10(2)14-3/h4-7,9-10,12,14H,8H2,1-3H3/b5-4+. The minimum absolute atomic E-state index is 0.387. The summed E-state index contributed by atoms with van der Waals surface area (Å²) in [5.74, 6) is 3.60. The van der Waals surface area contributed by atoms with Crippen LogP contribution in [0.2, 0.25) is 0 Å². The molecule has 1 aromatic rings. The van der Waals surface area contributed by atoms with E-state index in [1.165, 1.54) is 6.42 Å². The molecule has 1 aliphatic carbocycles. The van der Waals surface area contributed by atoms with Crippen molar-refractivity contribution in [3.8, 4) is 0 Å². The molecule has 0 aliphatic heterocycles. The number of hydrogen-bond acceptors (Lipinski definition) is 2. The zero-order valence-electron chi connectivity index (χ0n) is 9.66. The van der Waals surface area contributed by atoms with Crippen LogP contribution in [0.25, 0.3) is 6.08 Å². The first-order valence-electron chi connectivity index (χ1n) is 5.66. The Hall–Kier alpha value is -1.02. The third kappa shape index (κ3) is 2.51. The summed E-state index contributed by atoms with van der Waals surface area (Å²) < 4.78 is 5.76. The molecular formula is C13H19NO. The van der Waals surface area contributed by atoms with Crippen LogP contribution < -0.4 is 5.32 Å². The van der Waals surface area contributed by atoms with Crippen LogP contribution in [0, 0.1) is 5.92 Å². The molecule has 1 saturated carbocycles. The average molecular weight is 205 g/mol. The Morgan fingerprint density at radius 3 is 2.87 bits per heavy atom. The van der Waals surface area contributed by atoms with E-state index in [1.54, 1.807) is 0 Å². The molecule has 2 nitrogen and oxygen atoms in total. The van der Waals surface area contributed by atoms with E-state index in [0.29, 0.717) is 12.0 Å². The van der Waals surface area contributed by atoms with Crippen molar-refractivity contribution in [1.29, 1.82) is 0 Å². The summed E-state index contributed by atoms with van der Waals surface area (Å²) in [6.07, 6.45) is 5.43. The molecule has 0 aromatic carbocycles. The maximum absolute atomic E-state index is 5.76.